The molecule has 0 aliphatic carbocycles. The number of hydrogen-bond donors (Lipinski definition) is 0. The van der Waals surface area contributed by atoms with E-state index in [0.29, 0.717) is 5.56 Å². The van der Waals surface area contributed by atoms with Crippen molar-refractivity contribution in [2.45, 2.75) is 23.5 Å². The van der Waals surface area contributed by atoms with Gasteiger partial charge in [0.15, 0.2) is 0 Å². The van der Waals surface area contributed by atoms with Crippen LogP contribution in [0.4, 0.5) is 0 Å². The number of carbonyl (C=O) groups is 1. The fourth-order valence-electron chi connectivity index (χ4n) is 2.71. The van der Waals surface area contributed by atoms with Crippen LogP contribution in [-0.4, -0.2) is 27.8 Å². The van der Waals surface area contributed by atoms with E-state index in [9.17, 15) is 10.1 Å². The van der Waals surface area contributed by atoms with Crippen molar-refractivity contribution >= 4 is 28.5 Å². The van der Waals surface area contributed by atoms with E-state index in [-0.39, 0.29) is 5.97 Å². The summed E-state index contributed by atoms with van der Waals surface area (Å²) >= 11 is 1.40. The first-order valence-corrected chi connectivity index (χ1v) is 8.79. The lowest BCUT2D eigenvalue weighted by atomic mass is 10.0. The zero-order valence-corrected chi connectivity index (χ0v) is 15.5. The van der Waals surface area contributed by atoms with Crippen LogP contribution in [-0.2, 0) is 9.53 Å². The molecule has 0 radical (unpaired) electrons. The molecule has 6 heteroatoms. The van der Waals surface area contributed by atoms with Crippen LogP contribution in [0.1, 0.15) is 19.4 Å². The maximum Gasteiger partial charge on any atom is 0.321 e. The fraction of sp³-hybridized carbons (Fsp3) is 0.200. The van der Waals surface area contributed by atoms with Crippen molar-refractivity contribution in [3.05, 3.63) is 54.5 Å². The molecule has 0 saturated heterocycles. The van der Waals surface area contributed by atoms with Gasteiger partial charge in [0.05, 0.1) is 18.4 Å². The Morgan fingerprint density at radius 1 is 1.19 bits per heavy atom. The molecule has 0 fully saturated rings. The summed E-state index contributed by atoms with van der Waals surface area (Å²) in [6.45, 7) is 3.63. The lowest BCUT2D eigenvalue weighted by molar-refractivity contribution is -0.142. The Balaban J connectivity index is 2.17. The summed E-state index contributed by atoms with van der Waals surface area (Å²) in [6.07, 6.45) is 4.99. The van der Waals surface area contributed by atoms with Crippen LogP contribution in [0.2, 0.25) is 0 Å². The van der Waals surface area contributed by atoms with Gasteiger partial charge >= 0.3 is 5.97 Å². The molecule has 2 heterocycles. The van der Waals surface area contributed by atoms with Gasteiger partial charge in [-0.15, -0.1) is 11.8 Å². The molecule has 0 aliphatic rings. The van der Waals surface area contributed by atoms with E-state index in [1.165, 1.54) is 18.9 Å². The van der Waals surface area contributed by atoms with E-state index in [1.54, 1.807) is 18.6 Å². The Kier molecular flexibility index (Phi) is 4.92. The van der Waals surface area contributed by atoms with Crippen LogP contribution in [0.15, 0.2) is 53.8 Å². The second-order valence-corrected chi connectivity index (χ2v) is 7.82. The number of benzene rings is 1. The van der Waals surface area contributed by atoms with Crippen LogP contribution < -0.4 is 0 Å². The Labute approximate surface area is 156 Å². The number of fused-ring (bicyclic) bond motifs is 1. The number of nitrogens with zero attached hydrogens (tertiary/aromatic N) is 3. The molecule has 0 amide bonds. The topological polar surface area (TPSA) is 75.9 Å². The average molecular weight is 363 g/mol. The molecule has 0 saturated carbocycles. The monoisotopic (exact) mass is 363 g/mol. The lowest BCUT2D eigenvalue weighted by Crippen LogP contribution is -2.28. The minimum absolute atomic E-state index is 0.303. The summed E-state index contributed by atoms with van der Waals surface area (Å²) in [5, 5.41) is 11.0. The summed E-state index contributed by atoms with van der Waals surface area (Å²) in [6, 6.07) is 11.7. The van der Waals surface area contributed by atoms with Gasteiger partial charge in [-0.1, -0.05) is 24.3 Å². The number of ether oxygens (including phenoxy) is 1. The van der Waals surface area contributed by atoms with Gasteiger partial charge in [-0.3, -0.25) is 14.8 Å². The fourth-order valence-corrected chi connectivity index (χ4v) is 3.81. The maximum atomic E-state index is 12.1. The quantitative estimate of drug-likeness (QED) is 0.510. The molecule has 3 rings (SSSR count). The van der Waals surface area contributed by atoms with Gasteiger partial charge in [-0.05, 0) is 19.9 Å². The molecule has 130 valence electrons. The van der Waals surface area contributed by atoms with E-state index in [2.05, 4.69) is 16.0 Å². The first kappa shape index (κ1) is 17.9. The molecular formula is C20H17N3O2S. The van der Waals surface area contributed by atoms with Gasteiger partial charge in [0, 0.05) is 39.8 Å². The lowest BCUT2D eigenvalue weighted by Gasteiger charge is -2.22. The first-order valence-electron chi connectivity index (χ1n) is 7.97. The van der Waals surface area contributed by atoms with Crippen molar-refractivity contribution in [2.75, 3.05) is 7.11 Å². The molecule has 5 nitrogen and oxygen atoms in total. The number of thioether (sulfide) groups is 1. The van der Waals surface area contributed by atoms with Gasteiger partial charge in [0.25, 0.3) is 0 Å². The van der Waals surface area contributed by atoms with Gasteiger partial charge in [0.2, 0.25) is 0 Å². The Morgan fingerprint density at radius 3 is 2.62 bits per heavy atom. The third-order valence-corrected chi connectivity index (χ3v) is 5.25. The summed E-state index contributed by atoms with van der Waals surface area (Å²) in [5.74, 6) is -0.303. The smallest absolute Gasteiger partial charge is 0.321 e. The minimum Gasteiger partial charge on any atom is -0.468 e. The van der Waals surface area contributed by atoms with Crippen molar-refractivity contribution in [2.24, 2.45) is 0 Å². The van der Waals surface area contributed by atoms with Crippen molar-refractivity contribution < 1.29 is 9.53 Å². The normalized spacial score (nSPS) is 11.2. The summed E-state index contributed by atoms with van der Waals surface area (Å²) in [5.41, 5.74) is 2.07. The number of esters is 1. The largest absolute Gasteiger partial charge is 0.468 e. The minimum atomic E-state index is -0.757. The van der Waals surface area contributed by atoms with E-state index in [0.717, 1.165) is 26.9 Å². The standard InChI is InChI=1S/C20H17N3O2S/c1-20(2,19(24)25-3)26-17-8-9-22-12-16(17)18-15-7-5-4-6-14(15)13(10-21)11-23-18/h4-9,11-12H,1-3H3. The van der Waals surface area contributed by atoms with Crippen LogP contribution in [0, 0.1) is 11.3 Å². The summed E-state index contributed by atoms with van der Waals surface area (Å²) < 4.78 is 4.15. The summed E-state index contributed by atoms with van der Waals surface area (Å²) in [7, 11) is 1.38. The second kappa shape index (κ2) is 7.14. The Hall–Kier alpha value is -2.91. The molecule has 3 aromatic rings. The van der Waals surface area contributed by atoms with Crippen molar-refractivity contribution in [3.63, 3.8) is 0 Å². The highest BCUT2D eigenvalue weighted by molar-refractivity contribution is 8.01. The molecular weight excluding hydrogens is 346 g/mol. The molecule has 26 heavy (non-hydrogen) atoms. The number of rotatable bonds is 4. The van der Waals surface area contributed by atoms with Crippen molar-refractivity contribution in [1.82, 2.24) is 9.97 Å². The van der Waals surface area contributed by atoms with Crippen molar-refractivity contribution in [1.29, 1.82) is 5.26 Å². The van der Waals surface area contributed by atoms with Crippen molar-refractivity contribution in [3.8, 4) is 17.3 Å². The number of pyridine rings is 2. The van der Waals surface area contributed by atoms with Crippen LogP contribution >= 0.6 is 11.8 Å². The number of aromatic nitrogens is 2. The molecule has 0 unspecified atom stereocenters. The first-order chi connectivity index (χ1) is 12.5. The molecule has 2 aromatic heterocycles. The average Bonchev–Trinajstić information content (AvgIpc) is 2.66. The highest BCUT2D eigenvalue weighted by atomic mass is 32.2. The molecule has 0 bridgehead atoms. The zero-order valence-electron chi connectivity index (χ0n) is 14.7. The third kappa shape index (κ3) is 3.26. The van der Waals surface area contributed by atoms with Crippen LogP contribution in [0.3, 0.4) is 0 Å². The molecule has 0 spiro atoms. The number of nitriles is 1. The third-order valence-electron chi connectivity index (χ3n) is 3.99. The van der Waals surface area contributed by atoms with Gasteiger partial charge in [-0.2, -0.15) is 5.26 Å². The predicted molar refractivity (Wildman–Crippen MR) is 102 cm³/mol. The number of carbonyl (C=O) groups excluding carboxylic acids is 1. The molecule has 0 aliphatic heterocycles. The van der Waals surface area contributed by atoms with Gasteiger partial charge in [-0.25, -0.2) is 0 Å². The van der Waals surface area contributed by atoms with E-state index < -0.39 is 4.75 Å². The number of methoxy groups -OCH3 is 1. The maximum absolute atomic E-state index is 12.1. The summed E-state index contributed by atoms with van der Waals surface area (Å²) in [4.78, 5) is 21.7. The molecule has 0 atom stereocenters. The Bertz CT molecular complexity index is 1020. The molecule has 0 N–H and O–H groups in total. The second-order valence-electron chi connectivity index (χ2n) is 6.15. The van der Waals surface area contributed by atoms with E-state index >= 15 is 0 Å². The van der Waals surface area contributed by atoms with Gasteiger partial charge < -0.3 is 4.74 Å². The van der Waals surface area contributed by atoms with Crippen LogP contribution in [0.25, 0.3) is 22.0 Å². The molecule has 1 aromatic carbocycles. The zero-order chi connectivity index (χ0) is 18.7. The SMILES string of the molecule is COC(=O)C(C)(C)Sc1ccncc1-c1ncc(C#N)c2ccccc12. The Morgan fingerprint density at radius 2 is 1.92 bits per heavy atom. The highest BCUT2D eigenvalue weighted by Gasteiger charge is 2.31. The van der Waals surface area contributed by atoms with E-state index in [1.807, 2.05) is 44.2 Å². The highest BCUT2D eigenvalue weighted by Crippen LogP contribution is 2.40. The van der Waals surface area contributed by atoms with Crippen LogP contribution in [0.5, 0.6) is 0 Å². The predicted octanol–water partition coefficient (Wildman–Crippen LogP) is 4.21. The van der Waals surface area contributed by atoms with Gasteiger partial charge in [0.1, 0.15) is 10.8 Å². The number of hydrogen-bond acceptors (Lipinski definition) is 6. The van der Waals surface area contributed by atoms with E-state index in [4.69, 9.17) is 4.74 Å².